The van der Waals surface area contributed by atoms with Gasteiger partial charge in [0.2, 0.25) is 10.0 Å². The fourth-order valence-electron chi connectivity index (χ4n) is 2.28. The van der Waals surface area contributed by atoms with Gasteiger partial charge in [-0.1, -0.05) is 0 Å². The summed E-state index contributed by atoms with van der Waals surface area (Å²) in [5, 5.41) is 11.0. The van der Waals surface area contributed by atoms with E-state index < -0.39 is 10.0 Å². The normalized spacial score (nSPS) is 12.3. The number of nitrogens with zero attached hydrogens (tertiary/aromatic N) is 4. The summed E-state index contributed by atoms with van der Waals surface area (Å²) >= 11 is 0. The maximum Gasteiger partial charge on any atom is 0.246 e. The monoisotopic (exact) mass is 311 g/mol. The predicted molar refractivity (Wildman–Crippen MR) is 79.4 cm³/mol. The van der Waals surface area contributed by atoms with Gasteiger partial charge < -0.3 is 0 Å². The molecule has 2 aromatic rings. The van der Waals surface area contributed by atoms with E-state index in [-0.39, 0.29) is 11.4 Å². The molecule has 0 unspecified atom stereocenters. The summed E-state index contributed by atoms with van der Waals surface area (Å²) in [7, 11) is -1.99. The van der Waals surface area contributed by atoms with Crippen molar-refractivity contribution in [3.63, 3.8) is 0 Å². The largest absolute Gasteiger partial charge is 0.281 e. The van der Waals surface area contributed by atoms with Gasteiger partial charge >= 0.3 is 0 Å². The molecule has 2 rings (SSSR count). The number of hydrogen-bond donors (Lipinski definition) is 1. The number of aromatic nitrogens is 4. The van der Waals surface area contributed by atoms with E-state index in [0.29, 0.717) is 11.4 Å². The molecule has 21 heavy (non-hydrogen) atoms. The lowest BCUT2D eigenvalue weighted by molar-refractivity contribution is 0.465. The van der Waals surface area contributed by atoms with Gasteiger partial charge in [-0.3, -0.25) is 9.78 Å². The van der Waals surface area contributed by atoms with E-state index in [2.05, 4.69) is 15.3 Å². The number of hydrogen-bond acceptors (Lipinski definition) is 4. The highest BCUT2D eigenvalue weighted by Crippen LogP contribution is 2.22. The molecule has 0 aromatic carbocycles. The lowest BCUT2D eigenvalue weighted by Gasteiger charge is -2.16. The Morgan fingerprint density at radius 3 is 2.43 bits per heavy atom. The van der Waals surface area contributed by atoms with Crippen molar-refractivity contribution in [2.24, 2.45) is 0 Å². The maximum absolute atomic E-state index is 12.7. The van der Waals surface area contributed by atoms with Crippen molar-refractivity contribution in [1.82, 2.24) is 24.3 Å². The van der Waals surface area contributed by atoms with E-state index in [9.17, 15) is 8.42 Å². The molecule has 2 aromatic heterocycles. The zero-order chi connectivity index (χ0) is 15.8. The summed E-state index contributed by atoms with van der Waals surface area (Å²) in [6, 6.07) is 0. The average molecular weight is 311 g/mol. The summed E-state index contributed by atoms with van der Waals surface area (Å²) < 4.78 is 28.5. The van der Waals surface area contributed by atoms with Gasteiger partial charge in [-0.25, -0.2) is 8.42 Å². The van der Waals surface area contributed by atoms with Crippen LogP contribution in [-0.4, -0.2) is 39.7 Å². The van der Waals surface area contributed by atoms with E-state index in [1.807, 2.05) is 20.0 Å². The molecule has 7 nitrogen and oxygen atoms in total. The first-order valence-electron chi connectivity index (χ1n) is 6.78. The number of nitrogens with one attached hydrogen (secondary N) is 1. The average Bonchev–Trinajstić information content (AvgIpc) is 2.93. The van der Waals surface area contributed by atoms with Crippen LogP contribution in [0.15, 0.2) is 11.1 Å². The Kier molecular flexibility index (Phi) is 4.20. The Balaban J connectivity index is 2.31. The smallest absolute Gasteiger partial charge is 0.246 e. The molecule has 0 radical (unpaired) electrons. The van der Waals surface area contributed by atoms with Crippen LogP contribution in [0.4, 0.5) is 0 Å². The Morgan fingerprint density at radius 2 is 1.95 bits per heavy atom. The molecule has 0 aliphatic heterocycles. The minimum atomic E-state index is -3.57. The molecule has 0 spiro atoms. The van der Waals surface area contributed by atoms with Crippen molar-refractivity contribution in [3.8, 4) is 0 Å². The first kappa shape index (κ1) is 15.7. The van der Waals surface area contributed by atoms with Crippen LogP contribution >= 0.6 is 0 Å². The van der Waals surface area contributed by atoms with Crippen molar-refractivity contribution in [2.45, 2.75) is 45.7 Å². The van der Waals surface area contributed by atoms with E-state index in [1.54, 1.807) is 25.6 Å². The van der Waals surface area contributed by atoms with Crippen molar-refractivity contribution < 1.29 is 8.42 Å². The van der Waals surface area contributed by atoms with Crippen LogP contribution < -0.4 is 0 Å². The molecule has 0 aliphatic carbocycles. The predicted octanol–water partition coefficient (Wildman–Crippen LogP) is 1.37. The highest BCUT2D eigenvalue weighted by Gasteiger charge is 2.27. The van der Waals surface area contributed by atoms with E-state index in [4.69, 9.17) is 0 Å². The molecule has 0 saturated carbocycles. The van der Waals surface area contributed by atoms with Gasteiger partial charge in [0.1, 0.15) is 4.90 Å². The third kappa shape index (κ3) is 2.86. The summed E-state index contributed by atoms with van der Waals surface area (Å²) in [4.78, 5) is 0.255. The first-order valence-corrected chi connectivity index (χ1v) is 8.22. The van der Waals surface area contributed by atoms with Crippen molar-refractivity contribution in [3.05, 3.63) is 28.8 Å². The van der Waals surface area contributed by atoms with Gasteiger partial charge in [0.05, 0.1) is 17.1 Å². The van der Waals surface area contributed by atoms with Crippen LogP contribution in [0.2, 0.25) is 0 Å². The minimum Gasteiger partial charge on any atom is -0.281 e. The summed E-state index contributed by atoms with van der Waals surface area (Å²) in [6.45, 7) is 8.33. The quantitative estimate of drug-likeness (QED) is 0.904. The Labute approximate surface area is 125 Å². The van der Waals surface area contributed by atoms with Crippen LogP contribution in [-0.2, 0) is 23.1 Å². The molecule has 0 amide bonds. The van der Waals surface area contributed by atoms with Crippen LogP contribution in [0.3, 0.4) is 0 Å². The second-order valence-electron chi connectivity index (χ2n) is 5.12. The van der Waals surface area contributed by atoms with Gasteiger partial charge in [-0.15, -0.1) is 0 Å². The van der Waals surface area contributed by atoms with Crippen molar-refractivity contribution in [1.29, 1.82) is 0 Å². The second-order valence-corrected chi connectivity index (χ2v) is 7.10. The van der Waals surface area contributed by atoms with E-state index in [0.717, 1.165) is 17.8 Å². The standard InChI is InChI=1S/C13H21N5O2S/c1-6-18-8-12(9(2)16-18)7-17(5)21(19,20)13-10(3)14-15-11(13)4/h8H,6-7H2,1-5H3,(H,14,15). The fourth-order valence-corrected chi connectivity index (χ4v) is 3.75. The lowest BCUT2D eigenvalue weighted by atomic mass is 10.3. The molecule has 0 saturated heterocycles. The van der Waals surface area contributed by atoms with Crippen molar-refractivity contribution in [2.75, 3.05) is 7.05 Å². The number of sulfonamides is 1. The first-order chi connectivity index (χ1) is 9.77. The molecule has 2 heterocycles. The Hall–Kier alpha value is -1.67. The van der Waals surface area contributed by atoms with E-state index in [1.165, 1.54) is 4.31 Å². The van der Waals surface area contributed by atoms with Gasteiger partial charge in [0.15, 0.2) is 0 Å². The zero-order valence-corrected chi connectivity index (χ0v) is 13.8. The second kappa shape index (κ2) is 5.61. The molecular weight excluding hydrogens is 290 g/mol. The maximum atomic E-state index is 12.7. The minimum absolute atomic E-state index is 0.255. The third-order valence-electron chi connectivity index (χ3n) is 3.49. The Bertz CT molecular complexity index is 725. The highest BCUT2D eigenvalue weighted by molar-refractivity contribution is 7.89. The molecule has 116 valence electrons. The van der Waals surface area contributed by atoms with Gasteiger partial charge in [0.25, 0.3) is 0 Å². The number of rotatable bonds is 5. The molecular formula is C13H21N5O2S. The Morgan fingerprint density at radius 1 is 1.29 bits per heavy atom. The molecule has 0 bridgehead atoms. The molecule has 0 atom stereocenters. The number of H-pyrrole nitrogens is 1. The highest BCUT2D eigenvalue weighted by atomic mass is 32.2. The van der Waals surface area contributed by atoms with Gasteiger partial charge in [-0.05, 0) is 27.7 Å². The van der Waals surface area contributed by atoms with Gasteiger partial charge in [-0.2, -0.15) is 14.5 Å². The van der Waals surface area contributed by atoms with E-state index >= 15 is 0 Å². The number of aryl methyl sites for hydroxylation is 4. The third-order valence-corrected chi connectivity index (χ3v) is 5.56. The summed E-state index contributed by atoms with van der Waals surface area (Å²) in [5.74, 6) is 0. The van der Waals surface area contributed by atoms with Crippen LogP contribution in [0.1, 0.15) is 29.6 Å². The lowest BCUT2D eigenvalue weighted by Crippen LogP contribution is -2.27. The molecule has 8 heteroatoms. The summed E-state index contributed by atoms with van der Waals surface area (Å²) in [5.41, 5.74) is 2.79. The SMILES string of the molecule is CCn1cc(CN(C)S(=O)(=O)c2c(C)n[nH]c2C)c(C)n1. The number of aromatic amines is 1. The molecule has 0 fully saturated rings. The van der Waals surface area contributed by atoms with Crippen molar-refractivity contribution >= 4 is 10.0 Å². The zero-order valence-electron chi connectivity index (χ0n) is 13.0. The van der Waals surface area contributed by atoms with Crippen LogP contribution in [0.25, 0.3) is 0 Å². The topological polar surface area (TPSA) is 83.9 Å². The summed E-state index contributed by atoms with van der Waals surface area (Å²) in [6.07, 6.45) is 1.89. The van der Waals surface area contributed by atoms with Crippen LogP contribution in [0.5, 0.6) is 0 Å². The van der Waals surface area contributed by atoms with Gasteiger partial charge in [0, 0.05) is 31.9 Å². The fraction of sp³-hybridized carbons (Fsp3) is 0.538. The molecule has 0 aliphatic rings. The van der Waals surface area contributed by atoms with Crippen LogP contribution in [0, 0.1) is 20.8 Å². The molecule has 1 N–H and O–H groups in total.